The summed E-state index contributed by atoms with van der Waals surface area (Å²) in [6.07, 6.45) is 0. The molecule has 3 aromatic rings. The largest absolute Gasteiger partial charge is 0.494 e. The number of halogens is 1. The maximum atomic E-state index is 12.8. The normalized spacial score (nSPS) is 11.2. The molecule has 0 saturated carbocycles. The van der Waals surface area contributed by atoms with Crippen molar-refractivity contribution in [1.82, 2.24) is 10.3 Å². The van der Waals surface area contributed by atoms with Crippen molar-refractivity contribution in [1.29, 1.82) is 0 Å². The zero-order valence-electron chi connectivity index (χ0n) is 16.3. The summed E-state index contributed by atoms with van der Waals surface area (Å²) in [7, 11) is -4.00. The summed E-state index contributed by atoms with van der Waals surface area (Å²) in [5.74, 6) is 0.210. The summed E-state index contributed by atoms with van der Waals surface area (Å²) in [6.45, 7) is 4.50. The average molecular weight is 466 g/mol. The van der Waals surface area contributed by atoms with E-state index in [4.69, 9.17) is 16.3 Å². The van der Waals surface area contributed by atoms with Gasteiger partial charge in [-0.3, -0.25) is 9.52 Å². The number of sulfonamides is 1. The molecule has 0 aliphatic rings. The van der Waals surface area contributed by atoms with Gasteiger partial charge in [0.1, 0.15) is 10.6 Å². The van der Waals surface area contributed by atoms with Gasteiger partial charge in [-0.05, 0) is 56.3 Å². The van der Waals surface area contributed by atoms with Crippen molar-refractivity contribution in [2.75, 3.05) is 11.3 Å². The summed E-state index contributed by atoms with van der Waals surface area (Å²) >= 11 is 7.60. The van der Waals surface area contributed by atoms with Crippen LogP contribution in [0.3, 0.4) is 0 Å². The minimum Gasteiger partial charge on any atom is -0.494 e. The van der Waals surface area contributed by atoms with Crippen molar-refractivity contribution in [3.8, 4) is 5.75 Å². The standard InChI is InChI=1S/C20H20ClN3O4S2/c1-3-28-17-7-5-15(6-8-17)24-30(26,27)19-10-14(4-9-18(19)21)20(25)22-11-16-12-29-13(2)23-16/h4-10,12,24H,3,11H2,1-2H3,(H,22,25). The molecule has 30 heavy (non-hydrogen) atoms. The number of aryl methyl sites for hydroxylation is 1. The maximum Gasteiger partial charge on any atom is 0.263 e. The molecule has 0 atom stereocenters. The Bertz CT molecular complexity index is 1150. The van der Waals surface area contributed by atoms with Crippen LogP contribution in [-0.2, 0) is 16.6 Å². The lowest BCUT2D eigenvalue weighted by Gasteiger charge is -2.12. The number of nitrogens with zero attached hydrogens (tertiary/aromatic N) is 1. The van der Waals surface area contributed by atoms with E-state index in [1.807, 2.05) is 19.2 Å². The Morgan fingerprint density at radius 3 is 2.57 bits per heavy atom. The Hall–Kier alpha value is -2.62. The van der Waals surface area contributed by atoms with E-state index in [1.54, 1.807) is 24.3 Å². The molecule has 2 N–H and O–H groups in total. The number of nitrogens with one attached hydrogen (secondary N) is 2. The Balaban J connectivity index is 1.76. The molecule has 0 saturated heterocycles. The van der Waals surface area contributed by atoms with Gasteiger partial charge in [-0.1, -0.05) is 11.6 Å². The van der Waals surface area contributed by atoms with Gasteiger partial charge in [-0.15, -0.1) is 11.3 Å². The first-order valence-electron chi connectivity index (χ1n) is 9.03. The van der Waals surface area contributed by atoms with E-state index in [0.29, 0.717) is 18.0 Å². The summed E-state index contributed by atoms with van der Waals surface area (Å²) in [5.41, 5.74) is 1.27. The van der Waals surface area contributed by atoms with Crippen LogP contribution in [0.5, 0.6) is 5.75 Å². The highest BCUT2D eigenvalue weighted by Gasteiger charge is 2.20. The molecular formula is C20H20ClN3O4S2. The predicted molar refractivity (Wildman–Crippen MR) is 118 cm³/mol. The Morgan fingerprint density at radius 2 is 1.93 bits per heavy atom. The third-order valence-electron chi connectivity index (χ3n) is 4.00. The molecule has 10 heteroatoms. The first-order valence-corrected chi connectivity index (χ1v) is 11.8. The first-order chi connectivity index (χ1) is 14.3. The molecule has 0 aliphatic carbocycles. The quantitative estimate of drug-likeness (QED) is 0.518. The molecule has 1 heterocycles. The topological polar surface area (TPSA) is 97.4 Å². The number of ether oxygens (including phenoxy) is 1. The highest BCUT2D eigenvalue weighted by molar-refractivity contribution is 7.92. The van der Waals surface area contributed by atoms with Crippen molar-refractivity contribution in [2.24, 2.45) is 0 Å². The number of carbonyl (C=O) groups excluding carboxylic acids is 1. The van der Waals surface area contributed by atoms with Gasteiger partial charge in [0.15, 0.2) is 0 Å². The number of rotatable bonds is 8. The smallest absolute Gasteiger partial charge is 0.263 e. The van der Waals surface area contributed by atoms with E-state index in [0.717, 1.165) is 10.7 Å². The molecule has 158 valence electrons. The molecule has 0 radical (unpaired) electrons. The molecule has 0 unspecified atom stereocenters. The van der Waals surface area contributed by atoms with Crippen molar-refractivity contribution in [3.05, 3.63) is 69.1 Å². The number of hydrogen-bond acceptors (Lipinski definition) is 6. The van der Waals surface area contributed by atoms with Crippen molar-refractivity contribution in [3.63, 3.8) is 0 Å². The van der Waals surface area contributed by atoms with E-state index in [9.17, 15) is 13.2 Å². The fourth-order valence-electron chi connectivity index (χ4n) is 2.61. The number of thiazole rings is 1. The summed E-state index contributed by atoms with van der Waals surface area (Å²) in [6, 6.07) is 10.6. The highest BCUT2D eigenvalue weighted by Crippen LogP contribution is 2.26. The molecule has 1 aromatic heterocycles. The van der Waals surface area contributed by atoms with Crippen LogP contribution in [0, 0.1) is 6.92 Å². The van der Waals surface area contributed by atoms with Crippen LogP contribution in [-0.4, -0.2) is 25.9 Å². The lowest BCUT2D eigenvalue weighted by molar-refractivity contribution is 0.0950. The summed E-state index contributed by atoms with van der Waals surface area (Å²) in [4.78, 5) is 16.6. The predicted octanol–water partition coefficient (Wildman–Crippen LogP) is 4.23. The SMILES string of the molecule is CCOc1ccc(NS(=O)(=O)c2cc(C(=O)NCc3csc(C)n3)ccc2Cl)cc1. The Morgan fingerprint density at radius 1 is 1.20 bits per heavy atom. The molecule has 0 aliphatic heterocycles. The number of anilines is 1. The van der Waals surface area contributed by atoms with Crippen LogP contribution < -0.4 is 14.8 Å². The van der Waals surface area contributed by atoms with Crippen LogP contribution in [0.1, 0.15) is 28.0 Å². The third kappa shape index (κ3) is 5.50. The van der Waals surface area contributed by atoms with E-state index in [1.165, 1.54) is 29.5 Å². The second-order valence-corrected chi connectivity index (χ2v) is 9.37. The van der Waals surface area contributed by atoms with Gasteiger partial charge in [-0.25, -0.2) is 13.4 Å². The second kappa shape index (κ2) is 9.46. The van der Waals surface area contributed by atoms with Crippen LogP contribution in [0.15, 0.2) is 52.7 Å². The van der Waals surface area contributed by atoms with E-state index < -0.39 is 15.9 Å². The lowest BCUT2D eigenvalue weighted by Crippen LogP contribution is -2.23. The van der Waals surface area contributed by atoms with Crippen molar-refractivity contribution in [2.45, 2.75) is 25.3 Å². The number of aromatic nitrogens is 1. The van der Waals surface area contributed by atoms with E-state index in [-0.39, 0.29) is 22.0 Å². The van der Waals surface area contributed by atoms with Crippen LogP contribution in [0.2, 0.25) is 5.02 Å². The van der Waals surface area contributed by atoms with Gasteiger partial charge >= 0.3 is 0 Å². The Labute approximate surface area is 184 Å². The van der Waals surface area contributed by atoms with Crippen LogP contribution in [0.25, 0.3) is 0 Å². The summed E-state index contributed by atoms with van der Waals surface area (Å²) < 4.78 is 33.5. The second-order valence-electron chi connectivity index (χ2n) is 6.25. The van der Waals surface area contributed by atoms with Crippen LogP contribution in [0.4, 0.5) is 5.69 Å². The van der Waals surface area contributed by atoms with E-state index >= 15 is 0 Å². The number of carbonyl (C=O) groups is 1. The molecule has 0 fully saturated rings. The number of amides is 1. The third-order valence-corrected chi connectivity index (χ3v) is 6.68. The monoisotopic (exact) mass is 465 g/mol. The molecule has 2 aromatic carbocycles. The lowest BCUT2D eigenvalue weighted by atomic mass is 10.2. The molecule has 7 nitrogen and oxygen atoms in total. The van der Waals surface area contributed by atoms with Gasteiger partial charge in [-0.2, -0.15) is 0 Å². The van der Waals surface area contributed by atoms with Gasteiger partial charge in [0, 0.05) is 16.6 Å². The van der Waals surface area contributed by atoms with E-state index in [2.05, 4.69) is 15.0 Å². The Kier molecular flexibility index (Phi) is 6.96. The first kappa shape index (κ1) is 22.1. The number of benzene rings is 2. The minimum absolute atomic E-state index is 0.0140. The summed E-state index contributed by atoms with van der Waals surface area (Å²) in [5, 5.41) is 5.50. The average Bonchev–Trinajstić information content (AvgIpc) is 3.13. The maximum absolute atomic E-state index is 12.8. The molecule has 0 bridgehead atoms. The molecule has 0 spiro atoms. The van der Waals surface area contributed by atoms with Gasteiger partial charge < -0.3 is 10.1 Å². The number of hydrogen-bond donors (Lipinski definition) is 2. The van der Waals surface area contributed by atoms with Gasteiger partial charge in [0.25, 0.3) is 15.9 Å². The fourth-order valence-corrected chi connectivity index (χ4v) is 4.81. The van der Waals surface area contributed by atoms with Crippen molar-refractivity contribution >= 4 is 44.6 Å². The van der Waals surface area contributed by atoms with Gasteiger partial charge in [0.2, 0.25) is 0 Å². The van der Waals surface area contributed by atoms with Crippen LogP contribution >= 0.6 is 22.9 Å². The molecular weight excluding hydrogens is 446 g/mol. The molecule has 3 rings (SSSR count). The zero-order valence-corrected chi connectivity index (χ0v) is 18.7. The highest BCUT2D eigenvalue weighted by atomic mass is 35.5. The van der Waals surface area contributed by atoms with Gasteiger partial charge in [0.05, 0.1) is 28.9 Å². The molecule has 1 amide bonds. The zero-order chi connectivity index (χ0) is 21.7. The fraction of sp³-hybridized carbons (Fsp3) is 0.200. The minimum atomic E-state index is -4.00. The van der Waals surface area contributed by atoms with Crippen molar-refractivity contribution < 1.29 is 17.9 Å².